The molecule has 1 unspecified atom stereocenters. The maximum atomic E-state index is 12.7. The monoisotopic (exact) mass is 355 g/mol. The first-order chi connectivity index (χ1) is 12.5. The number of hydrogen-bond donors (Lipinski definition) is 1. The SMILES string of the molecule is Cc1noc(C2CCN(C(=O)Cn3c(=O)[nH]c(=O)c4ccccc43)C2)n1. The first-order valence-electron chi connectivity index (χ1n) is 8.33. The van der Waals surface area contributed by atoms with Crippen molar-refractivity contribution in [1.82, 2.24) is 24.6 Å². The lowest BCUT2D eigenvalue weighted by Gasteiger charge is -2.17. The molecule has 1 aliphatic heterocycles. The average Bonchev–Trinajstić information content (AvgIpc) is 3.27. The highest BCUT2D eigenvalue weighted by molar-refractivity contribution is 5.81. The van der Waals surface area contributed by atoms with Gasteiger partial charge in [-0.1, -0.05) is 17.3 Å². The van der Waals surface area contributed by atoms with E-state index in [0.29, 0.717) is 35.7 Å². The number of hydrogen-bond acceptors (Lipinski definition) is 6. The lowest BCUT2D eigenvalue weighted by atomic mass is 10.1. The van der Waals surface area contributed by atoms with Gasteiger partial charge in [0, 0.05) is 13.1 Å². The van der Waals surface area contributed by atoms with E-state index in [0.717, 1.165) is 6.42 Å². The van der Waals surface area contributed by atoms with Gasteiger partial charge in [-0.2, -0.15) is 4.98 Å². The third-order valence-electron chi connectivity index (χ3n) is 4.63. The summed E-state index contributed by atoms with van der Waals surface area (Å²) in [4.78, 5) is 45.0. The van der Waals surface area contributed by atoms with Crippen molar-refractivity contribution >= 4 is 16.8 Å². The largest absolute Gasteiger partial charge is 0.340 e. The van der Waals surface area contributed by atoms with Crippen LogP contribution in [-0.2, 0) is 11.3 Å². The summed E-state index contributed by atoms with van der Waals surface area (Å²) in [5.41, 5.74) is -0.606. The Hall–Kier alpha value is -3.23. The van der Waals surface area contributed by atoms with Crippen molar-refractivity contribution in [3.8, 4) is 0 Å². The fraction of sp³-hybridized carbons (Fsp3) is 0.353. The summed E-state index contributed by atoms with van der Waals surface area (Å²) in [6.45, 7) is 2.64. The van der Waals surface area contributed by atoms with E-state index in [1.54, 1.807) is 36.1 Å². The smallest absolute Gasteiger partial charge is 0.329 e. The molecule has 1 aromatic carbocycles. The number of aromatic amines is 1. The highest BCUT2D eigenvalue weighted by Gasteiger charge is 2.31. The molecule has 9 heteroatoms. The van der Waals surface area contributed by atoms with Crippen LogP contribution in [0.2, 0.25) is 0 Å². The van der Waals surface area contributed by atoms with Gasteiger partial charge < -0.3 is 9.42 Å². The standard InChI is InChI=1S/C17H17N5O4/c1-10-18-16(26-20-10)11-6-7-21(8-11)14(23)9-22-13-5-3-2-4-12(13)15(24)19-17(22)25/h2-5,11H,6-9H2,1H3,(H,19,24,25). The molecule has 1 saturated heterocycles. The van der Waals surface area contributed by atoms with Crippen LogP contribution < -0.4 is 11.2 Å². The van der Waals surface area contributed by atoms with Crippen molar-refractivity contribution in [2.75, 3.05) is 13.1 Å². The fourth-order valence-electron chi connectivity index (χ4n) is 3.30. The van der Waals surface area contributed by atoms with Gasteiger partial charge in [0.05, 0.1) is 16.8 Å². The molecule has 0 saturated carbocycles. The van der Waals surface area contributed by atoms with E-state index in [9.17, 15) is 14.4 Å². The van der Waals surface area contributed by atoms with Crippen molar-refractivity contribution in [1.29, 1.82) is 0 Å². The van der Waals surface area contributed by atoms with Crippen molar-refractivity contribution in [3.63, 3.8) is 0 Å². The highest BCUT2D eigenvalue weighted by Crippen LogP contribution is 2.26. The molecule has 0 spiro atoms. The normalized spacial score (nSPS) is 17.1. The number of likely N-dealkylation sites (tertiary alicyclic amines) is 1. The Labute approximate surface area is 147 Å². The first kappa shape index (κ1) is 16.2. The van der Waals surface area contributed by atoms with Gasteiger partial charge in [-0.15, -0.1) is 0 Å². The molecule has 3 heterocycles. The summed E-state index contributed by atoms with van der Waals surface area (Å²) >= 11 is 0. The van der Waals surface area contributed by atoms with Crippen molar-refractivity contribution in [2.45, 2.75) is 25.8 Å². The molecule has 134 valence electrons. The number of nitrogens with zero attached hydrogens (tertiary/aromatic N) is 4. The third-order valence-corrected chi connectivity index (χ3v) is 4.63. The second-order valence-corrected chi connectivity index (χ2v) is 6.37. The number of benzene rings is 1. The van der Waals surface area contributed by atoms with Crippen LogP contribution in [0.5, 0.6) is 0 Å². The Morgan fingerprint density at radius 2 is 2.15 bits per heavy atom. The number of aryl methyl sites for hydroxylation is 1. The number of para-hydroxylation sites is 1. The zero-order valence-electron chi connectivity index (χ0n) is 14.1. The summed E-state index contributed by atoms with van der Waals surface area (Å²) in [5, 5.41) is 4.16. The van der Waals surface area contributed by atoms with Crippen LogP contribution in [0.4, 0.5) is 0 Å². The molecule has 1 aliphatic rings. The summed E-state index contributed by atoms with van der Waals surface area (Å²) in [7, 11) is 0. The summed E-state index contributed by atoms with van der Waals surface area (Å²) in [6, 6.07) is 6.73. The molecule has 9 nitrogen and oxygen atoms in total. The molecule has 26 heavy (non-hydrogen) atoms. The number of amides is 1. The lowest BCUT2D eigenvalue weighted by molar-refractivity contribution is -0.130. The molecule has 0 aliphatic carbocycles. The molecule has 2 aromatic heterocycles. The minimum atomic E-state index is -0.592. The van der Waals surface area contributed by atoms with Gasteiger partial charge in [-0.05, 0) is 25.5 Å². The van der Waals surface area contributed by atoms with Crippen LogP contribution in [0.25, 0.3) is 10.9 Å². The van der Waals surface area contributed by atoms with Crippen LogP contribution in [0, 0.1) is 6.92 Å². The molecule has 4 rings (SSSR count). The second-order valence-electron chi connectivity index (χ2n) is 6.37. The van der Waals surface area contributed by atoms with Crippen molar-refractivity contribution in [3.05, 3.63) is 56.8 Å². The molecule has 1 amide bonds. The van der Waals surface area contributed by atoms with Crippen LogP contribution >= 0.6 is 0 Å². The number of aromatic nitrogens is 4. The predicted molar refractivity (Wildman–Crippen MR) is 91.8 cm³/mol. The Bertz CT molecular complexity index is 1100. The molecule has 0 radical (unpaired) electrons. The highest BCUT2D eigenvalue weighted by atomic mass is 16.5. The van der Waals surface area contributed by atoms with Crippen LogP contribution in [0.15, 0.2) is 38.4 Å². The Balaban J connectivity index is 1.57. The van der Waals surface area contributed by atoms with E-state index in [1.807, 2.05) is 0 Å². The van der Waals surface area contributed by atoms with Gasteiger partial charge in [0.25, 0.3) is 5.56 Å². The van der Waals surface area contributed by atoms with Gasteiger partial charge in [0.2, 0.25) is 11.8 Å². The number of carbonyl (C=O) groups excluding carboxylic acids is 1. The van der Waals surface area contributed by atoms with E-state index in [2.05, 4.69) is 15.1 Å². The number of carbonyl (C=O) groups is 1. The van der Waals surface area contributed by atoms with Crippen molar-refractivity contribution < 1.29 is 9.32 Å². The maximum absolute atomic E-state index is 12.7. The van der Waals surface area contributed by atoms with E-state index in [1.165, 1.54) is 4.57 Å². The van der Waals surface area contributed by atoms with Gasteiger partial charge >= 0.3 is 5.69 Å². The number of H-pyrrole nitrogens is 1. The average molecular weight is 355 g/mol. The third kappa shape index (κ3) is 2.81. The van der Waals surface area contributed by atoms with E-state index >= 15 is 0 Å². The van der Waals surface area contributed by atoms with Gasteiger partial charge in [0.1, 0.15) is 6.54 Å². The molecule has 1 N–H and O–H groups in total. The molecule has 0 bridgehead atoms. The summed E-state index contributed by atoms with van der Waals surface area (Å²) in [6.07, 6.45) is 0.731. The van der Waals surface area contributed by atoms with E-state index < -0.39 is 11.2 Å². The molecular formula is C17H17N5O4. The van der Waals surface area contributed by atoms with Gasteiger partial charge in [-0.3, -0.25) is 19.1 Å². The van der Waals surface area contributed by atoms with E-state index in [-0.39, 0.29) is 18.4 Å². The maximum Gasteiger partial charge on any atom is 0.329 e. The second kappa shape index (κ2) is 6.25. The number of rotatable bonds is 3. The predicted octanol–water partition coefficient (Wildman–Crippen LogP) is 0.397. The summed E-state index contributed by atoms with van der Waals surface area (Å²) < 4.78 is 6.49. The van der Waals surface area contributed by atoms with Gasteiger partial charge in [-0.25, -0.2) is 4.79 Å². The number of nitrogens with one attached hydrogen (secondary N) is 1. The Morgan fingerprint density at radius 3 is 2.92 bits per heavy atom. The quantitative estimate of drug-likeness (QED) is 0.727. The molecule has 1 fully saturated rings. The zero-order valence-corrected chi connectivity index (χ0v) is 14.1. The Morgan fingerprint density at radius 1 is 1.35 bits per heavy atom. The topological polar surface area (TPSA) is 114 Å². The first-order valence-corrected chi connectivity index (χ1v) is 8.33. The van der Waals surface area contributed by atoms with Crippen LogP contribution in [0.1, 0.15) is 24.1 Å². The minimum Gasteiger partial charge on any atom is -0.340 e. The van der Waals surface area contributed by atoms with Crippen LogP contribution in [0.3, 0.4) is 0 Å². The summed E-state index contributed by atoms with van der Waals surface area (Å²) in [5.74, 6) is 0.910. The van der Waals surface area contributed by atoms with Crippen molar-refractivity contribution in [2.24, 2.45) is 0 Å². The van der Waals surface area contributed by atoms with E-state index in [4.69, 9.17) is 4.52 Å². The zero-order chi connectivity index (χ0) is 18.3. The molecule has 1 atom stereocenters. The number of fused-ring (bicyclic) bond motifs is 1. The minimum absolute atomic E-state index is 0.00389. The lowest BCUT2D eigenvalue weighted by Crippen LogP contribution is -2.37. The molecule has 3 aromatic rings. The fourth-order valence-corrected chi connectivity index (χ4v) is 3.30. The Kier molecular flexibility index (Phi) is 3.90. The van der Waals surface area contributed by atoms with Gasteiger partial charge in [0.15, 0.2) is 5.82 Å². The molecular weight excluding hydrogens is 338 g/mol. The van der Waals surface area contributed by atoms with Crippen LogP contribution in [-0.4, -0.2) is 43.6 Å².